The van der Waals surface area contributed by atoms with Crippen molar-refractivity contribution in [1.29, 1.82) is 0 Å². The predicted molar refractivity (Wildman–Crippen MR) is 67.8 cm³/mol. The number of aryl methyl sites for hydroxylation is 3. The van der Waals surface area contributed by atoms with Crippen LogP contribution in [0.1, 0.15) is 5.56 Å². The minimum absolute atomic E-state index is 1.08. The summed E-state index contributed by atoms with van der Waals surface area (Å²) in [5.41, 5.74) is 3.36. The first-order valence-electron chi connectivity index (χ1n) is 6.04. The molecule has 0 N–H and O–H groups in total. The van der Waals surface area contributed by atoms with Crippen LogP contribution in [0.2, 0.25) is 0 Å². The third-order valence-electron chi connectivity index (χ3n) is 2.94. The van der Waals surface area contributed by atoms with Crippen LogP contribution in [-0.2, 0) is 14.1 Å². The van der Waals surface area contributed by atoms with E-state index >= 15 is 0 Å². The van der Waals surface area contributed by atoms with Crippen molar-refractivity contribution in [3.05, 3.63) is 49.1 Å². The number of hydrogen-bond donors (Lipinski definition) is 0. The van der Waals surface area contributed by atoms with Crippen molar-refractivity contribution in [3.63, 3.8) is 0 Å². The van der Waals surface area contributed by atoms with Crippen LogP contribution in [0.3, 0.4) is 0 Å². The van der Waals surface area contributed by atoms with Gasteiger partial charge in [-0.15, -0.1) is 9.36 Å². The van der Waals surface area contributed by atoms with E-state index in [0.29, 0.717) is 0 Å². The highest BCUT2D eigenvalue weighted by Gasteiger charge is 2.12. The molecule has 6 nitrogen and oxygen atoms in total. The lowest BCUT2D eigenvalue weighted by Gasteiger charge is -2.00. The second-order valence-electron chi connectivity index (χ2n) is 4.68. The average Bonchev–Trinajstić information content (AvgIpc) is 2.97. The first-order chi connectivity index (χ1) is 9.11. The Hall–Kier alpha value is -2.50. The van der Waals surface area contributed by atoms with E-state index in [9.17, 15) is 0 Å². The second kappa shape index (κ2) is 4.31. The van der Waals surface area contributed by atoms with Crippen LogP contribution in [0.15, 0.2) is 43.5 Å². The summed E-state index contributed by atoms with van der Waals surface area (Å²) < 4.78 is 7.54. The monoisotopic (exact) mass is 256 g/mol. The van der Waals surface area contributed by atoms with E-state index in [2.05, 4.69) is 35.3 Å². The molecule has 2 heterocycles. The molecule has 19 heavy (non-hydrogen) atoms. The molecule has 0 atom stereocenters. The molecule has 2 aromatic heterocycles. The van der Waals surface area contributed by atoms with E-state index in [1.54, 1.807) is 22.0 Å². The number of hydrogen-bond acceptors (Lipinski definition) is 2. The van der Waals surface area contributed by atoms with E-state index in [1.165, 1.54) is 5.56 Å². The Kier molecular flexibility index (Phi) is 2.63. The van der Waals surface area contributed by atoms with Crippen LogP contribution in [0.25, 0.3) is 11.4 Å². The molecule has 0 aliphatic carbocycles. The highest BCUT2D eigenvalue weighted by atomic mass is 15.3. The summed E-state index contributed by atoms with van der Waals surface area (Å²) in [4.78, 5) is 0. The molecule has 96 valence electrons. The van der Waals surface area contributed by atoms with Crippen LogP contribution in [0, 0.1) is 6.92 Å². The van der Waals surface area contributed by atoms with Crippen molar-refractivity contribution < 1.29 is 9.36 Å². The Balaban J connectivity index is 2.10. The third-order valence-corrected chi connectivity index (χ3v) is 2.94. The molecular formula is C13H16N6+2. The molecule has 0 fully saturated rings. The smallest absolute Gasteiger partial charge is 0.184 e. The van der Waals surface area contributed by atoms with E-state index in [0.717, 1.165) is 11.4 Å². The highest BCUT2D eigenvalue weighted by molar-refractivity contribution is 5.46. The van der Waals surface area contributed by atoms with Gasteiger partial charge in [0.15, 0.2) is 0 Å². The Labute approximate surface area is 111 Å². The van der Waals surface area contributed by atoms with Crippen LogP contribution >= 0.6 is 0 Å². The molecule has 0 saturated carbocycles. The van der Waals surface area contributed by atoms with Gasteiger partial charge in [0.2, 0.25) is 12.7 Å². The molecule has 3 aromatic rings. The maximum atomic E-state index is 4.19. The molecule has 0 bridgehead atoms. The van der Waals surface area contributed by atoms with Gasteiger partial charge in [0.05, 0.1) is 0 Å². The zero-order chi connectivity index (χ0) is 13.4. The summed E-state index contributed by atoms with van der Waals surface area (Å²) in [5, 5.41) is 8.37. The van der Waals surface area contributed by atoms with Crippen molar-refractivity contribution in [3.8, 4) is 11.4 Å². The summed E-state index contributed by atoms with van der Waals surface area (Å²) in [6, 6.07) is 6.36. The summed E-state index contributed by atoms with van der Waals surface area (Å²) in [5.74, 6) is 0. The fraction of sp³-hybridized carbons (Fsp3) is 0.231. The minimum atomic E-state index is 1.08. The maximum Gasteiger partial charge on any atom is 0.270 e. The number of nitrogens with zero attached hydrogens (tertiary/aromatic N) is 6. The summed E-state index contributed by atoms with van der Waals surface area (Å²) in [6.45, 7) is 2.08. The van der Waals surface area contributed by atoms with Gasteiger partial charge >= 0.3 is 0 Å². The number of rotatable bonds is 2. The second-order valence-corrected chi connectivity index (χ2v) is 4.68. The van der Waals surface area contributed by atoms with Crippen molar-refractivity contribution in [2.45, 2.75) is 6.92 Å². The zero-order valence-electron chi connectivity index (χ0n) is 11.2. The van der Waals surface area contributed by atoms with Crippen molar-refractivity contribution in [2.24, 2.45) is 14.1 Å². The molecule has 1 aromatic carbocycles. The maximum absolute atomic E-state index is 4.19. The van der Waals surface area contributed by atoms with Crippen LogP contribution in [-0.4, -0.2) is 19.3 Å². The molecule has 0 aliphatic rings. The first kappa shape index (κ1) is 11.6. The van der Waals surface area contributed by atoms with E-state index in [1.807, 2.05) is 35.9 Å². The van der Waals surface area contributed by atoms with Gasteiger partial charge in [0.25, 0.3) is 12.7 Å². The topological polar surface area (TPSA) is 43.4 Å². The zero-order valence-corrected chi connectivity index (χ0v) is 11.2. The van der Waals surface area contributed by atoms with Gasteiger partial charge in [0, 0.05) is 6.07 Å². The molecule has 0 amide bonds. The lowest BCUT2D eigenvalue weighted by Crippen LogP contribution is -2.28. The average molecular weight is 256 g/mol. The normalized spacial score (nSPS) is 10.9. The molecule has 3 rings (SSSR count). The summed E-state index contributed by atoms with van der Waals surface area (Å²) in [7, 11) is 3.81. The predicted octanol–water partition coefficient (Wildman–Crippen LogP) is 0.0154. The standard InChI is InChI=1S/C13H16N6/c1-11-4-12(18-7-14-16(2)9-18)6-13(5-11)19-8-15-17(3)10-19/h4-10H,1-3H3/q+2. The fourth-order valence-electron chi connectivity index (χ4n) is 2.06. The van der Waals surface area contributed by atoms with Crippen molar-refractivity contribution >= 4 is 0 Å². The van der Waals surface area contributed by atoms with Gasteiger partial charge in [-0.3, -0.25) is 0 Å². The largest absolute Gasteiger partial charge is 0.270 e. The summed E-state index contributed by atoms with van der Waals surface area (Å²) in [6.07, 6.45) is 7.47. The molecular weight excluding hydrogens is 240 g/mol. The van der Waals surface area contributed by atoms with E-state index in [-0.39, 0.29) is 0 Å². The Bertz CT molecular complexity index is 666. The summed E-state index contributed by atoms with van der Waals surface area (Å²) >= 11 is 0. The third kappa shape index (κ3) is 2.24. The van der Waals surface area contributed by atoms with Crippen molar-refractivity contribution in [1.82, 2.24) is 19.3 Å². The Morgan fingerprint density at radius 3 is 1.68 bits per heavy atom. The molecule has 0 unspecified atom stereocenters. The Morgan fingerprint density at radius 1 is 0.842 bits per heavy atom. The van der Waals surface area contributed by atoms with Gasteiger partial charge in [-0.1, -0.05) is 0 Å². The molecule has 0 spiro atoms. The molecule has 0 aliphatic heterocycles. The number of benzene rings is 1. The first-order valence-corrected chi connectivity index (χ1v) is 6.04. The fourth-order valence-corrected chi connectivity index (χ4v) is 2.06. The Morgan fingerprint density at radius 2 is 1.32 bits per heavy atom. The van der Waals surface area contributed by atoms with Crippen LogP contribution in [0.5, 0.6) is 0 Å². The van der Waals surface area contributed by atoms with Crippen LogP contribution in [0.4, 0.5) is 0 Å². The minimum Gasteiger partial charge on any atom is -0.184 e. The van der Waals surface area contributed by atoms with E-state index < -0.39 is 0 Å². The van der Waals surface area contributed by atoms with Gasteiger partial charge in [0.1, 0.15) is 25.5 Å². The highest BCUT2D eigenvalue weighted by Crippen LogP contribution is 2.16. The van der Waals surface area contributed by atoms with Gasteiger partial charge in [-0.05, 0) is 34.8 Å². The lowest BCUT2D eigenvalue weighted by atomic mass is 10.2. The molecule has 6 heteroatoms. The molecule has 0 saturated heterocycles. The molecule has 0 radical (unpaired) electrons. The van der Waals surface area contributed by atoms with Crippen molar-refractivity contribution in [2.75, 3.05) is 0 Å². The SMILES string of the molecule is Cc1cc(-n2cn[n+](C)c2)cc(-n2cn[n+](C)c2)c1. The van der Waals surface area contributed by atoms with Gasteiger partial charge < -0.3 is 0 Å². The van der Waals surface area contributed by atoms with Gasteiger partial charge in [-0.25, -0.2) is 0 Å². The quantitative estimate of drug-likeness (QED) is 0.607. The number of aromatic nitrogens is 6. The van der Waals surface area contributed by atoms with Gasteiger partial charge in [-0.2, -0.15) is 9.13 Å². The van der Waals surface area contributed by atoms with Crippen LogP contribution < -0.4 is 9.36 Å². The lowest BCUT2D eigenvalue weighted by molar-refractivity contribution is -0.728. The van der Waals surface area contributed by atoms with E-state index in [4.69, 9.17) is 0 Å².